The average Bonchev–Trinajstić information content (AvgIpc) is 2.97. The molecule has 1 amide bonds. The van der Waals surface area contributed by atoms with Crippen LogP contribution in [0.5, 0.6) is 0 Å². The van der Waals surface area contributed by atoms with Gasteiger partial charge in [-0.25, -0.2) is 0 Å². The van der Waals surface area contributed by atoms with Crippen molar-refractivity contribution in [1.82, 2.24) is 15.1 Å². The highest BCUT2D eigenvalue weighted by Crippen LogP contribution is 2.30. The number of carbonyl (C=O) groups is 1. The van der Waals surface area contributed by atoms with Crippen molar-refractivity contribution in [2.75, 3.05) is 7.05 Å². The summed E-state index contributed by atoms with van der Waals surface area (Å²) in [4.78, 5) is 14.4. The van der Waals surface area contributed by atoms with Gasteiger partial charge in [0.15, 0.2) is 5.69 Å². The minimum Gasteiger partial charge on any atom is -0.333 e. The lowest BCUT2D eigenvalue weighted by Gasteiger charge is -2.25. The predicted octanol–water partition coefficient (Wildman–Crippen LogP) is 4.70. The second-order valence-electron chi connectivity index (χ2n) is 5.38. The number of aromatic amines is 1. The number of hydrogen-bond acceptors (Lipinski definition) is 2. The molecule has 3 rings (SSSR count). The van der Waals surface area contributed by atoms with Crippen molar-refractivity contribution in [2.24, 2.45) is 0 Å². The summed E-state index contributed by atoms with van der Waals surface area (Å²) in [6.07, 6.45) is 0. The van der Waals surface area contributed by atoms with E-state index >= 15 is 0 Å². The number of amides is 1. The maximum Gasteiger partial charge on any atom is 0.275 e. The summed E-state index contributed by atoms with van der Waals surface area (Å²) in [5.41, 5.74) is 2.08. The Balaban J connectivity index is 1.92. The number of rotatable bonds is 3. The van der Waals surface area contributed by atoms with Gasteiger partial charge in [0.2, 0.25) is 0 Å². The molecule has 6 heteroatoms. The molecule has 1 aromatic heterocycles. The van der Waals surface area contributed by atoms with Crippen molar-refractivity contribution < 1.29 is 4.79 Å². The van der Waals surface area contributed by atoms with E-state index in [1.54, 1.807) is 24.1 Å². The van der Waals surface area contributed by atoms with E-state index in [0.29, 0.717) is 15.7 Å². The Bertz CT molecular complexity index is 875. The lowest BCUT2D eigenvalue weighted by molar-refractivity contribution is 0.0738. The smallest absolute Gasteiger partial charge is 0.275 e. The quantitative estimate of drug-likeness (QED) is 0.746. The molecule has 3 aromatic rings. The van der Waals surface area contributed by atoms with Gasteiger partial charge in [-0.2, -0.15) is 5.10 Å². The lowest BCUT2D eigenvalue weighted by atomic mass is 10.1. The van der Waals surface area contributed by atoms with Gasteiger partial charge in [0.05, 0.1) is 11.6 Å². The molecule has 1 heterocycles. The summed E-state index contributed by atoms with van der Waals surface area (Å²) in [7, 11) is 1.74. The number of para-hydroxylation sites is 1. The maximum atomic E-state index is 12.8. The topological polar surface area (TPSA) is 49.0 Å². The first kappa shape index (κ1) is 15.8. The zero-order valence-electron chi connectivity index (χ0n) is 12.7. The minimum atomic E-state index is -0.206. The monoisotopic (exact) mass is 347 g/mol. The Morgan fingerprint density at radius 1 is 1.22 bits per heavy atom. The van der Waals surface area contributed by atoms with Crippen LogP contribution in [0.15, 0.2) is 42.5 Å². The van der Waals surface area contributed by atoms with Gasteiger partial charge in [0.1, 0.15) is 0 Å². The summed E-state index contributed by atoms with van der Waals surface area (Å²) in [5, 5.41) is 8.95. The molecule has 23 heavy (non-hydrogen) atoms. The van der Waals surface area contributed by atoms with Crippen molar-refractivity contribution in [1.29, 1.82) is 0 Å². The zero-order valence-corrected chi connectivity index (χ0v) is 14.2. The predicted molar refractivity (Wildman–Crippen MR) is 93.1 cm³/mol. The Morgan fingerprint density at radius 3 is 2.70 bits per heavy atom. The van der Waals surface area contributed by atoms with E-state index in [0.717, 1.165) is 16.5 Å². The van der Waals surface area contributed by atoms with E-state index in [2.05, 4.69) is 10.2 Å². The molecule has 1 N–H and O–H groups in total. The van der Waals surface area contributed by atoms with Crippen LogP contribution in [0.3, 0.4) is 0 Å². The summed E-state index contributed by atoms with van der Waals surface area (Å²) in [5.74, 6) is -0.166. The molecule has 0 saturated heterocycles. The van der Waals surface area contributed by atoms with Gasteiger partial charge >= 0.3 is 0 Å². The SMILES string of the molecule is CC(c1ccc(Cl)cc1Cl)N(C)C(=O)c1n[nH]c2ccccc12. The molecule has 118 valence electrons. The molecule has 0 aliphatic rings. The fourth-order valence-electron chi connectivity index (χ4n) is 2.52. The molecule has 2 aromatic carbocycles. The number of hydrogen-bond donors (Lipinski definition) is 1. The summed E-state index contributed by atoms with van der Waals surface area (Å²) in [6.45, 7) is 1.92. The number of H-pyrrole nitrogens is 1. The van der Waals surface area contributed by atoms with Crippen LogP contribution >= 0.6 is 23.2 Å². The molecule has 0 fully saturated rings. The van der Waals surface area contributed by atoms with Crippen LogP contribution in [-0.4, -0.2) is 28.1 Å². The highest BCUT2D eigenvalue weighted by molar-refractivity contribution is 6.35. The maximum absolute atomic E-state index is 12.8. The van der Waals surface area contributed by atoms with Gasteiger partial charge in [-0.15, -0.1) is 0 Å². The van der Waals surface area contributed by atoms with Crippen molar-refractivity contribution in [3.63, 3.8) is 0 Å². The van der Waals surface area contributed by atoms with Crippen molar-refractivity contribution >= 4 is 40.0 Å². The summed E-state index contributed by atoms with van der Waals surface area (Å²) < 4.78 is 0. The molecule has 0 radical (unpaired) electrons. The molecule has 0 bridgehead atoms. The van der Waals surface area contributed by atoms with E-state index in [9.17, 15) is 4.79 Å². The molecule has 1 unspecified atom stereocenters. The van der Waals surface area contributed by atoms with Gasteiger partial charge in [0, 0.05) is 22.5 Å². The van der Waals surface area contributed by atoms with Crippen molar-refractivity contribution in [3.05, 3.63) is 63.8 Å². The van der Waals surface area contributed by atoms with Crippen LogP contribution in [0, 0.1) is 0 Å². The second kappa shape index (κ2) is 6.22. The highest BCUT2D eigenvalue weighted by Gasteiger charge is 2.24. The lowest BCUT2D eigenvalue weighted by Crippen LogP contribution is -2.30. The molecular weight excluding hydrogens is 333 g/mol. The number of halogens is 2. The van der Waals surface area contributed by atoms with Crippen molar-refractivity contribution in [3.8, 4) is 0 Å². The molecule has 0 aliphatic carbocycles. The summed E-state index contributed by atoms with van der Waals surface area (Å²) >= 11 is 12.2. The number of carbonyl (C=O) groups excluding carboxylic acids is 1. The Labute approximate surface area is 144 Å². The molecule has 0 spiro atoms. The number of nitrogens with zero attached hydrogens (tertiary/aromatic N) is 2. The molecule has 1 atom stereocenters. The third kappa shape index (κ3) is 2.92. The zero-order chi connectivity index (χ0) is 16.6. The van der Waals surface area contributed by atoms with Gasteiger partial charge in [-0.05, 0) is 30.7 Å². The number of benzene rings is 2. The third-order valence-electron chi connectivity index (χ3n) is 3.99. The van der Waals surface area contributed by atoms with Crippen LogP contribution in [0.2, 0.25) is 10.0 Å². The van der Waals surface area contributed by atoms with E-state index < -0.39 is 0 Å². The van der Waals surface area contributed by atoms with E-state index in [-0.39, 0.29) is 11.9 Å². The highest BCUT2D eigenvalue weighted by atomic mass is 35.5. The van der Waals surface area contributed by atoms with Crippen LogP contribution < -0.4 is 0 Å². The first-order valence-corrected chi connectivity index (χ1v) is 7.90. The Morgan fingerprint density at radius 2 is 1.96 bits per heavy atom. The first-order chi connectivity index (χ1) is 11.0. The third-order valence-corrected chi connectivity index (χ3v) is 4.55. The molecule has 4 nitrogen and oxygen atoms in total. The Hall–Kier alpha value is -2.04. The standard InChI is InChI=1S/C17H15Cl2N3O/c1-10(12-8-7-11(18)9-14(12)19)22(2)17(23)16-13-5-3-4-6-15(13)20-21-16/h3-10H,1-2H3,(H,20,21). The van der Waals surface area contributed by atoms with E-state index in [1.807, 2.05) is 37.3 Å². The van der Waals surface area contributed by atoms with Crippen LogP contribution in [-0.2, 0) is 0 Å². The van der Waals surface area contributed by atoms with Crippen LogP contribution in [0.4, 0.5) is 0 Å². The van der Waals surface area contributed by atoms with Gasteiger partial charge in [-0.3, -0.25) is 9.89 Å². The van der Waals surface area contributed by atoms with Gasteiger partial charge in [-0.1, -0.05) is 47.5 Å². The number of nitrogens with one attached hydrogen (secondary N) is 1. The molecular formula is C17H15Cl2N3O. The molecule has 0 saturated carbocycles. The van der Waals surface area contributed by atoms with Crippen LogP contribution in [0.1, 0.15) is 29.0 Å². The first-order valence-electron chi connectivity index (χ1n) is 7.14. The fourth-order valence-corrected chi connectivity index (χ4v) is 3.08. The normalized spacial score (nSPS) is 12.3. The second-order valence-corrected chi connectivity index (χ2v) is 6.22. The fraction of sp³-hybridized carbons (Fsp3) is 0.176. The average molecular weight is 348 g/mol. The van der Waals surface area contributed by atoms with Gasteiger partial charge < -0.3 is 4.90 Å². The minimum absolute atomic E-state index is 0.166. The molecule has 0 aliphatic heterocycles. The van der Waals surface area contributed by atoms with Gasteiger partial charge in [0.25, 0.3) is 5.91 Å². The number of fused-ring (bicyclic) bond motifs is 1. The largest absolute Gasteiger partial charge is 0.333 e. The number of aromatic nitrogens is 2. The Kier molecular flexibility index (Phi) is 4.28. The van der Waals surface area contributed by atoms with Crippen molar-refractivity contribution in [2.45, 2.75) is 13.0 Å². The summed E-state index contributed by atoms with van der Waals surface area (Å²) in [6, 6.07) is 12.6. The van der Waals surface area contributed by atoms with E-state index in [4.69, 9.17) is 23.2 Å². The van der Waals surface area contributed by atoms with E-state index in [1.165, 1.54) is 0 Å². The van der Waals surface area contributed by atoms with Crippen LogP contribution in [0.25, 0.3) is 10.9 Å².